The van der Waals surface area contributed by atoms with E-state index in [2.05, 4.69) is 24.3 Å². The van der Waals surface area contributed by atoms with Crippen LogP contribution < -0.4 is 10.9 Å². The van der Waals surface area contributed by atoms with Gasteiger partial charge >= 0.3 is 0 Å². The second-order valence-corrected chi connectivity index (χ2v) is 7.73. The Balaban J connectivity index is 1.78. The maximum Gasteiger partial charge on any atom is 0.277 e. The molecule has 0 aliphatic heterocycles. The summed E-state index contributed by atoms with van der Waals surface area (Å²) in [6.07, 6.45) is 0. The molecule has 4 rings (SSSR count). The summed E-state index contributed by atoms with van der Waals surface area (Å²) in [5, 5.41) is 7.42. The highest BCUT2D eigenvalue weighted by Crippen LogP contribution is 2.17. The van der Waals surface area contributed by atoms with E-state index < -0.39 is 0 Å². The van der Waals surface area contributed by atoms with Gasteiger partial charge in [0.05, 0.1) is 17.1 Å². The van der Waals surface area contributed by atoms with E-state index >= 15 is 0 Å². The van der Waals surface area contributed by atoms with Crippen molar-refractivity contribution in [1.29, 1.82) is 0 Å². The van der Waals surface area contributed by atoms with Gasteiger partial charge in [0.25, 0.3) is 11.5 Å². The Hall–Kier alpha value is -3.41. The highest BCUT2D eigenvalue weighted by atomic mass is 16.2. The molecular formula is C23H24N4O2. The SMILES string of the molecule is CC(C)Cn1c(=O)c2cc(C(=O)NC(C)c3ccccc3)nn2c2ccccc21. The standard InChI is InChI=1S/C23H24N4O2/c1-15(2)14-26-19-11-7-8-12-20(19)27-21(23(26)29)13-18(25-27)22(28)24-16(3)17-9-5-4-6-10-17/h4-13,15-16H,14H2,1-3H3,(H,24,28). The van der Waals surface area contributed by atoms with E-state index in [1.165, 1.54) is 0 Å². The molecule has 0 radical (unpaired) electrons. The average molecular weight is 388 g/mol. The first-order valence-electron chi connectivity index (χ1n) is 9.83. The molecule has 148 valence electrons. The lowest BCUT2D eigenvalue weighted by atomic mass is 10.1. The highest BCUT2D eigenvalue weighted by molar-refractivity contribution is 5.94. The van der Waals surface area contributed by atoms with Crippen LogP contribution in [0.2, 0.25) is 0 Å². The van der Waals surface area contributed by atoms with Crippen molar-refractivity contribution in [2.24, 2.45) is 5.92 Å². The first-order chi connectivity index (χ1) is 14.0. The van der Waals surface area contributed by atoms with Gasteiger partial charge < -0.3 is 9.88 Å². The molecule has 1 unspecified atom stereocenters. The molecule has 4 aromatic rings. The lowest BCUT2D eigenvalue weighted by Gasteiger charge is -2.13. The lowest BCUT2D eigenvalue weighted by Crippen LogP contribution is -2.27. The maximum atomic E-state index is 13.1. The second kappa shape index (κ2) is 7.54. The monoisotopic (exact) mass is 388 g/mol. The van der Waals surface area contributed by atoms with Gasteiger partial charge in [-0.15, -0.1) is 0 Å². The summed E-state index contributed by atoms with van der Waals surface area (Å²) in [5.41, 5.74) is 3.12. The molecule has 29 heavy (non-hydrogen) atoms. The smallest absolute Gasteiger partial charge is 0.277 e. The third-order valence-corrected chi connectivity index (χ3v) is 5.00. The Morgan fingerprint density at radius 1 is 0.966 bits per heavy atom. The number of para-hydroxylation sites is 2. The van der Waals surface area contributed by atoms with Crippen LogP contribution in [0.4, 0.5) is 0 Å². The van der Waals surface area contributed by atoms with Crippen molar-refractivity contribution >= 4 is 22.5 Å². The molecule has 0 aliphatic carbocycles. The predicted molar refractivity (Wildman–Crippen MR) is 114 cm³/mol. The molecule has 1 amide bonds. The van der Waals surface area contributed by atoms with Crippen molar-refractivity contribution in [3.05, 3.63) is 82.3 Å². The normalized spacial score (nSPS) is 12.6. The van der Waals surface area contributed by atoms with Gasteiger partial charge in [-0.1, -0.05) is 56.3 Å². The van der Waals surface area contributed by atoms with Gasteiger partial charge in [0, 0.05) is 12.6 Å². The molecule has 1 atom stereocenters. The molecule has 2 aromatic heterocycles. The van der Waals surface area contributed by atoms with Crippen LogP contribution in [-0.2, 0) is 6.54 Å². The van der Waals surface area contributed by atoms with Gasteiger partial charge in [-0.25, -0.2) is 4.52 Å². The molecule has 2 heterocycles. The average Bonchev–Trinajstić information content (AvgIpc) is 3.17. The Kier molecular flexibility index (Phi) is 4.92. The van der Waals surface area contributed by atoms with Crippen LogP contribution in [0.25, 0.3) is 16.6 Å². The van der Waals surface area contributed by atoms with Crippen LogP contribution >= 0.6 is 0 Å². The van der Waals surface area contributed by atoms with E-state index in [1.807, 2.05) is 61.5 Å². The van der Waals surface area contributed by atoms with E-state index in [1.54, 1.807) is 15.1 Å². The summed E-state index contributed by atoms with van der Waals surface area (Å²) in [5.74, 6) is 0.0138. The Labute approximate surface area is 168 Å². The Morgan fingerprint density at radius 2 is 1.62 bits per heavy atom. The van der Waals surface area contributed by atoms with E-state index in [9.17, 15) is 9.59 Å². The first kappa shape index (κ1) is 18.9. The van der Waals surface area contributed by atoms with Gasteiger partial charge in [0.2, 0.25) is 0 Å². The van der Waals surface area contributed by atoms with Gasteiger partial charge in [0.1, 0.15) is 5.52 Å². The van der Waals surface area contributed by atoms with Gasteiger partial charge in [-0.05, 0) is 30.5 Å². The van der Waals surface area contributed by atoms with Crippen molar-refractivity contribution in [2.45, 2.75) is 33.4 Å². The topological polar surface area (TPSA) is 68.4 Å². The van der Waals surface area contributed by atoms with Crippen molar-refractivity contribution in [2.75, 3.05) is 0 Å². The molecule has 6 heteroatoms. The molecule has 0 saturated heterocycles. The number of nitrogens with one attached hydrogen (secondary N) is 1. The summed E-state index contributed by atoms with van der Waals surface area (Å²) in [6.45, 7) is 6.68. The fourth-order valence-corrected chi connectivity index (χ4v) is 3.59. The zero-order valence-corrected chi connectivity index (χ0v) is 16.8. The molecule has 2 aromatic carbocycles. The third kappa shape index (κ3) is 3.53. The van der Waals surface area contributed by atoms with E-state index in [-0.39, 0.29) is 23.2 Å². The number of amides is 1. The molecular weight excluding hydrogens is 364 g/mol. The minimum absolute atomic E-state index is 0.139. The van der Waals surface area contributed by atoms with Crippen molar-refractivity contribution in [1.82, 2.24) is 19.5 Å². The molecule has 0 fully saturated rings. The highest BCUT2D eigenvalue weighted by Gasteiger charge is 2.19. The molecule has 6 nitrogen and oxygen atoms in total. The molecule has 0 saturated carbocycles. The van der Waals surface area contributed by atoms with Gasteiger partial charge in [0.15, 0.2) is 5.69 Å². The number of fused-ring (bicyclic) bond motifs is 3. The summed E-state index contributed by atoms with van der Waals surface area (Å²) in [6, 6.07) is 18.8. The van der Waals surface area contributed by atoms with Crippen LogP contribution in [0.3, 0.4) is 0 Å². The van der Waals surface area contributed by atoms with Crippen molar-refractivity contribution in [3.63, 3.8) is 0 Å². The van der Waals surface area contributed by atoms with E-state index in [0.717, 1.165) is 16.6 Å². The number of aromatic nitrogens is 3. The minimum Gasteiger partial charge on any atom is -0.344 e. The van der Waals surface area contributed by atoms with Crippen molar-refractivity contribution < 1.29 is 4.79 Å². The lowest BCUT2D eigenvalue weighted by molar-refractivity contribution is 0.0934. The summed E-state index contributed by atoms with van der Waals surface area (Å²) < 4.78 is 3.35. The third-order valence-electron chi connectivity index (χ3n) is 5.00. The summed E-state index contributed by atoms with van der Waals surface area (Å²) >= 11 is 0. The molecule has 0 aliphatic rings. The summed E-state index contributed by atoms with van der Waals surface area (Å²) in [7, 11) is 0. The van der Waals surface area contributed by atoms with E-state index in [4.69, 9.17) is 0 Å². The largest absolute Gasteiger partial charge is 0.344 e. The number of rotatable bonds is 5. The zero-order valence-electron chi connectivity index (χ0n) is 16.8. The Bertz CT molecular complexity index is 1240. The molecule has 0 spiro atoms. The van der Waals surface area contributed by atoms with Crippen molar-refractivity contribution in [3.8, 4) is 0 Å². The number of hydrogen-bond acceptors (Lipinski definition) is 3. The van der Waals surface area contributed by atoms with Crippen LogP contribution in [0.15, 0.2) is 65.5 Å². The van der Waals surface area contributed by atoms with Crippen LogP contribution in [0.5, 0.6) is 0 Å². The number of carbonyl (C=O) groups excluding carboxylic acids is 1. The quantitative estimate of drug-likeness (QED) is 0.565. The van der Waals surface area contributed by atoms with E-state index in [0.29, 0.717) is 18.0 Å². The summed E-state index contributed by atoms with van der Waals surface area (Å²) in [4.78, 5) is 25.9. The van der Waals surface area contributed by atoms with Crippen LogP contribution in [-0.4, -0.2) is 20.1 Å². The second-order valence-electron chi connectivity index (χ2n) is 7.73. The fraction of sp³-hybridized carbons (Fsp3) is 0.261. The first-order valence-corrected chi connectivity index (χ1v) is 9.83. The predicted octanol–water partition coefficient (Wildman–Crippen LogP) is 3.80. The molecule has 1 N–H and O–H groups in total. The Morgan fingerprint density at radius 3 is 2.31 bits per heavy atom. The van der Waals surface area contributed by atoms with Crippen LogP contribution in [0, 0.1) is 5.92 Å². The van der Waals surface area contributed by atoms with Gasteiger partial charge in [-0.3, -0.25) is 9.59 Å². The maximum absolute atomic E-state index is 13.1. The number of hydrogen-bond donors (Lipinski definition) is 1. The fourth-order valence-electron chi connectivity index (χ4n) is 3.59. The number of carbonyl (C=O) groups is 1. The number of benzene rings is 2. The van der Waals surface area contributed by atoms with Crippen LogP contribution in [0.1, 0.15) is 42.9 Å². The number of nitrogens with zero attached hydrogens (tertiary/aromatic N) is 3. The molecule has 0 bridgehead atoms. The zero-order chi connectivity index (χ0) is 20.5. The van der Waals surface area contributed by atoms with Gasteiger partial charge in [-0.2, -0.15) is 5.10 Å². The minimum atomic E-state index is -0.302.